The lowest BCUT2D eigenvalue weighted by atomic mass is 10.0. The second kappa shape index (κ2) is 5.98. The fraction of sp³-hybridized carbons (Fsp3) is 0.200. The summed E-state index contributed by atoms with van der Waals surface area (Å²) in [6.07, 6.45) is 0.605. The quantitative estimate of drug-likeness (QED) is 0.894. The van der Waals surface area contributed by atoms with E-state index in [2.05, 4.69) is 0 Å². The van der Waals surface area contributed by atoms with E-state index in [0.29, 0.717) is 17.9 Å². The van der Waals surface area contributed by atoms with Gasteiger partial charge in [-0.25, -0.2) is 4.39 Å². The summed E-state index contributed by atoms with van der Waals surface area (Å²) in [5.41, 5.74) is 1.96. The van der Waals surface area contributed by atoms with Gasteiger partial charge in [0.15, 0.2) is 0 Å². The minimum atomic E-state index is -0.475. The van der Waals surface area contributed by atoms with E-state index >= 15 is 0 Å². The molecule has 2 aromatic carbocycles. The first-order chi connectivity index (χ1) is 8.63. The highest BCUT2D eigenvalue weighted by Gasteiger charge is 2.07. The summed E-state index contributed by atoms with van der Waals surface area (Å²) in [6.45, 7) is 0. The molecule has 1 N–H and O–H groups in total. The summed E-state index contributed by atoms with van der Waals surface area (Å²) in [4.78, 5) is 0. The predicted octanol–water partition coefficient (Wildman–Crippen LogP) is 3.63. The lowest BCUT2D eigenvalue weighted by molar-refractivity contribution is 0.175. The third-order valence-corrected chi connectivity index (χ3v) is 3.02. The van der Waals surface area contributed by atoms with Crippen molar-refractivity contribution in [1.29, 1.82) is 0 Å². The maximum Gasteiger partial charge on any atom is 0.123 e. The van der Waals surface area contributed by atoms with Gasteiger partial charge in [-0.2, -0.15) is 0 Å². The Bertz CT molecular complexity index is 445. The van der Waals surface area contributed by atoms with Gasteiger partial charge in [-0.15, -0.1) is 0 Å². The third kappa shape index (κ3) is 3.83. The topological polar surface area (TPSA) is 20.2 Å². The van der Waals surface area contributed by atoms with E-state index in [1.807, 2.05) is 24.3 Å². The van der Waals surface area contributed by atoms with Crippen molar-refractivity contribution in [1.82, 2.24) is 0 Å². The molecule has 3 heteroatoms. The zero-order chi connectivity index (χ0) is 13.0. The Morgan fingerprint density at radius 2 is 1.33 bits per heavy atom. The molecule has 1 atom stereocenters. The molecule has 0 aromatic heterocycles. The minimum Gasteiger partial charge on any atom is -0.392 e. The molecule has 2 rings (SSSR count). The number of rotatable bonds is 4. The summed E-state index contributed by atoms with van der Waals surface area (Å²) >= 11 is 5.79. The van der Waals surface area contributed by atoms with Crippen molar-refractivity contribution >= 4 is 11.6 Å². The normalized spacial score (nSPS) is 12.4. The minimum absolute atomic E-state index is 0.258. The molecule has 0 heterocycles. The molecule has 0 radical (unpaired) electrons. The molecule has 0 amide bonds. The van der Waals surface area contributed by atoms with Gasteiger partial charge in [-0.3, -0.25) is 0 Å². The molecule has 0 aliphatic heterocycles. The van der Waals surface area contributed by atoms with Crippen LogP contribution in [0.3, 0.4) is 0 Å². The second-order valence-electron chi connectivity index (χ2n) is 4.32. The fourth-order valence-electron chi connectivity index (χ4n) is 1.86. The SMILES string of the molecule is OC(Cc1ccc(F)cc1)Cc1ccc(Cl)cc1. The van der Waals surface area contributed by atoms with Crippen molar-refractivity contribution in [3.8, 4) is 0 Å². The van der Waals surface area contributed by atoms with Gasteiger partial charge in [0.05, 0.1) is 6.10 Å². The van der Waals surface area contributed by atoms with Crippen molar-refractivity contribution in [3.63, 3.8) is 0 Å². The molecule has 2 aromatic rings. The van der Waals surface area contributed by atoms with Gasteiger partial charge < -0.3 is 5.11 Å². The summed E-state index contributed by atoms with van der Waals surface area (Å²) in [6, 6.07) is 13.6. The van der Waals surface area contributed by atoms with Crippen molar-refractivity contribution in [2.24, 2.45) is 0 Å². The average molecular weight is 265 g/mol. The molecule has 1 unspecified atom stereocenters. The Labute approximate surface area is 111 Å². The van der Waals surface area contributed by atoms with Crippen LogP contribution in [0.15, 0.2) is 48.5 Å². The van der Waals surface area contributed by atoms with Crippen LogP contribution in [0.25, 0.3) is 0 Å². The first kappa shape index (κ1) is 13.1. The monoisotopic (exact) mass is 264 g/mol. The molecule has 0 spiro atoms. The average Bonchev–Trinajstić information content (AvgIpc) is 2.35. The molecule has 18 heavy (non-hydrogen) atoms. The fourth-order valence-corrected chi connectivity index (χ4v) is 1.98. The highest BCUT2D eigenvalue weighted by atomic mass is 35.5. The highest BCUT2D eigenvalue weighted by Crippen LogP contribution is 2.13. The first-order valence-electron chi connectivity index (χ1n) is 5.80. The standard InChI is InChI=1S/C15H14ClFO/c16-13-5-1-11(2-6-13)9-15(18)10-12-3-7-14(17)8-4-12/h1-8,15,18H,9-10H2. The summed E-state index contributed by atoms with van der Waals surface area (Å²) in [5.74, 6) is -0.258. The Hall–Kier alpha value is -1.38. The maximum absolute atomic E-state index is 12.7. The predicted molar refractivity (Wildman–Crippen MR) is 71.3 cm³/mol. The van der Waals surface area contributed by atoms with Crippen LogP contribution < -0.4 is 0 Å². The van der Waals surface area contributed by atoms with E-state index in [0.717, 1.165) is 11.1 Å². The zero-order valence-electron chi connectivity index (χ0n) is 9.81. The molecule has 94 valence electrons. The van der Waals surface area contributed by atoms with Crippen molar-refractivity contribution in [3.05, 3.63) is 70.5 Å². The Morgan fingerprint density at radius 3 is 1.83 bits per heavy atom. The van der Waals surface area contributed by atoms with Crippen LogP contribution in [-0.4, -0.2) is 11.2 Å². The Balaban J connectivity index is 1.94. The van der Waals surface area contributed by atoms with Crippen molar-refractivity contribution in [2.75, 3.05) is 0 Å². The van der Waals surface area contributed by atoms with Crippen LogP contribution in [0, 0.1) is 5.82 Å². The molecule has 0 saturated heterocycles. The number of halogens is 2. The zero-order valence-corrected chi connectivity index (χ0v) is 10.6. The van der Waals surface area contributed by atoms with E-state index in [-0.39, 0.29) is 5.82 Å². The van der Waals surface area contributed by atoms with Gasteiger partial charge in [-0.1, -0.05) is 35.9 Å². The molecule has 1 nitrogen and oxygen atoms in total. The number of benzene rings is 2. The molecule has 0 aliphatic carbocycles. The van der Waals surface area contributed by atoms with Crippen LogP contribution >= 0.6 is 11.6 Å². The van der Waals surface area contributed by atoms with Gasteiger partial charge in [0.2, 0.25) is 0 Å². The van der Waals surface area contributed by atoms with Gasteiger partial charge in [0.25, 0.3) is 0 Å². The van der Waals surface area contributed by atoms with Crippen molar-refractivity contribution < 1.29 is 9.50 Å². The van der Waals surface area contributed by atoms with Gasteiger partial charge in [-0.05, 0) is 48.2 Å². The summed E-state index contributed by atoms with van der Waals surface area (Å²) in [5, 5.41) is 10.7. The molecule has 0 aliphatic rings. The Kier molecular flexibility index (Phi) is 4.34. The molecule has 0 fully saturated rings. The lowest BCUT2D eigenvalue weighted by Crippen LogP contribution is -2.13. The number of hydrogen-bond acceptors (Lipinski definition) is 1. The van der Waals surface area contributed by atoms with E-state index in [9.17, 15) is 9.50 Å². The van der Waals surface area contributed by atoms with E-state index in [1.54, 1.807) is 12.1 Å². The van der Waals surface area contributed by atoms with E-state index < -0.39 is 6.10 Å². The number of hydrogen-bond donors (Lipinski definition) is 1. The molecular formula is C15H14ClFO. The highest BCUT2D eigenvalue weighted by molar-refractivity contribution is 6.30. The molecule has 0 saturated carbocycles. The van der Waals surface area contributed by atoms with E-state index in [4.69, 9.17) is 11.6 Å². The van der Waals surface area contributed by atoms with Crippen molar-refractivity contribution in [2.45, 2.75) is 18.9 Å². The van der Waals surface area contributed by atoms with Crippen LogP contribution in [0.4, 0.5) is 4.39 Å². The van der Waals surface area contributed by atoms with Gasteiger partial charge in [0, 0.05) is 5.02 Å². The molecule has 0 bridgehead atoms. The third-order valence-electron chi connectivity index (χ3n) is 2.77. The number of aliphatic hydroxyl groups excluding tert-OH is 1. The summed E-state index contributed by atoms with van der Waals surface area (Å²) in [7, 11) is 0. The lowest BCUT2D eigenvalue weighted by Gasteiger charge is -2.10. The van der Waals surface area contributed by atoms with Gasteiger partial charge >= 0.3 is 0 Å². The van der Waals surface area contributed by atoms with E-state index in [1.165, 1.54) is 12.1 Å². The van der Waals surface area contributed by atoms with Crippen LogP contribution in [0.5, 0.6) is 0 Å². The maximum atomic E-state index is 12.7. The van der Waals surface area contributed by atoms with Gasteiger partial charge in [0.1, 0.15) is 5.82 Å². The smallest absolute Gasteiger partial charge is 0.123 e. The first-order valence-corrected chi connectivity index (χ1v) is 6.18. The summed E-state index contributed by atoms with van der Waals surface area (Å²) < 4.78 is 12.7. The van der Waals surface area contributed by atoms with Crippen LogP contribution in [0.1, 0.15) is 11.1 Å². The van der Waals surface area contributed by atoms with Crippen LogP contribution in [-0.2, 0) is 12.8 Å². The van der Waals surface area contributed by atoms with Crippen LogP contribution in [0.2, 0.25) is 5.02 Å². The second-order valence-corrected chi connectivity index (χ2v) is 4.75. The Morgan fingerprint density at radius 1 is 0.889 bits per heavy atom. The number of aliphatic hydroxyl groups is 1. The molecular weight excluding hydrogens is 251 g/mol. The largest absolute Gasteiger partial charge is 0.392 e.